The molecule has 0 spiro atoms. The zero-order chi connectivity index (χ0) is 10.7. The molecule has 0 amide bonds. The molecule has 82 valence electrons. The minimum Gasteiger partial charge on any atom is -0.311 e. The summed E-state index contributed by atoms with van der Waals surface area (Å²) in [6, 6.07) is 12.2. The van der Waals surface area contributed by atoms with Crippen molar-refractivity contribution in [3.05, 3.63) is 35.9 Å². The summed E-state index contributed by atoms with van der Waals surface area (Å²) in [7, 11) is 0. The van der Waals surface area contributed by atoms with Crippen LogP contribution in [0.3, 0.4) is 0 Å². The molecule has 0 bridgehead atoms. The van der Waals surface area contributed by atoms with E-state index < -0.39 is 0 Å². The Morgan fingerprint density at radius 2 is 1.87 bits per heavy atom. The van der Waals surface area contributed by atoms with Crippen molar-refractivity contribution in [1.82, 2.24) is 5.32 Å². The topological polar surface area (TPSA) is 12.0 Å². The van der Waals surface area contributed by atoms with E-state index in [-0.39, 0.29) is 0 Å². The van der Waals surface area contributed by atoms with Gasteiger partial charge in [-0.15, -0.1) is 0 Å². The second kappa shape index (κ2) is 4.80. The molecule has 0 saturated carbocycles. The van der Waals surface area contributed by atoms with E-state index in [4.69, 9.17) is 0 Å². The van der Waals surface area contributed by atoms with Crippen LogP contribution < -0.4 is 5.32 Å². The van der Waals surface area contributed by atoms with E-state index >= 15 is 0 Å². The minimum atomic E-state index is 0.663. The van der Waals surface area contributed by atoms with Gasteiger partial charge < -0.3 is 5.32 Å². The van der Waals surface area contributed by atoms with E-state index in [1.54, 1.807) is 0 Å². The van der Waals surface area contributed by atoms with Crippen LogP contribution in [0.5, 0.6) is 0 Å². The Morgan fingerprint density at radius 1 is 1.13 bits per heavy atom. The Bertz CT molecular complexity index is 293. The van der Waals surface area contributed by atoms with Gasteiger partial charge in [0.15, 0.2) is 0 Å². The van der Waals surface area contributed by atoms with Crippen molar-refractivity contribution < 1.29 is 0 Å². The van der Waals surface area contributed by atoms with Crippen LogP contribution in [-0.2, 0) is 6.42 Å². The monoisotopic (exact) mass is 203 g/mol. The smallest absolute Gasteiger partial charge is 0.0136 e. The van der Waals surface area contributed by atoms with Crippen molar-refractivity contribution in [2.24, 2.45) is 5.92 Å². The number of hydrogen-bond donors (Lipinski definition) is 1. The Hall–Kier alpha value is -0.820. The first-order valence-electron chi connectivity index (χ1n) is 6.05. The van der Waals surface area contributed by atoms with Gasteiger partial charge in [-0.3, -0.25) is 0 Å². The number of benzene rings is 1. The molecule has 0 aliphatic carbocycles. The predicted octanol–water partition coefficient (Wildman–Crippen LogP) is 3.01. The highest BCUT2D eigenvalue weighted by Gasteiger charge is 2.24. The van der Waals surface area contributed by atoms with Gasteiger partial charge in [0.1, 0.15) is 0 Å². The van der Waals surface area contributed by atoms with Crippen molar-refractivity contribution in [2.75, 3.05) is 0 Å². The van der Waals surface area contributed by atoms with Gasteiger partial charge in [-0.05, 0) is 37.7 Å². The Morgan fingerprint density at radius 3 is 2.60 bits per heavy atom. The van der Waals surface area contributed by atoms with E-state index in [0.29, 0.717) is 12.1 Å². The van der Waals surface area contributed by atoms with Gasteiger partial charge in [-0.2, -0.15) is 0 Å². The van der Waals surface area contributed by atoms with Gasteiger partial charge in [-0.1, -0.05) is 37.3 Å². The molecule has 0 aromatic heterocycles. The lowest BCUT2D eigenvalue weighted by Gasteiger charge is -2.34. The highest BCUT2D eigenvalue weighted by atomic mass is 15.0. The fraction of sp³-hybridized carbons (Fsp3) is 0.571. The Labute approximate surface area is 92.9 Å². The van der Waals surface area contributed by atoms with Crippen LogP contribution in [0.25, 0.3) is 0 Å². The van der Waals surface area contributed by atoms with Crippen LogP contribution >= 0.6 is 0 Å². The molecule has 2 rings (SSSR count). The zero-order valence-electron chi connectivity index (χ0n) is 9.74. The highest BCUT2D eigenvalue weighted by molar-refractivity contribution is 5.16. The quantitative estimate of drug-likeness (QED) is 0.779. The molecule has 0 radical (unpaired) electrons. The number of rotatable bonds is 2. The third kappa shape index (κ3) is 2.82. The molecular weight excluding hydrogens is 182 g/mol. The normalized spacial score (nSPS) is 31.5. The molecular formula is C14H21N. The van der Waals surface area contributed by atoms with Crippen molar-refractivity contribution in [3.63, 3.8) is 0 Å². The van der Waals surface area contributed by atoms with Gasteiger partial charge in [0.25, 0.3) is 0 Å². The Kier molecular flexibility index (Phi) is 3.42. The molecule has 15 heavy (non-hydrogen) atoms. The molecule has 1 nitrogen and oxygen atoms in total. The number of hydrogen-bond acceptors (Lipinski definition) is 1. The summed E-state index contributed by atoms with van der Waals surface area (Å²) < 4.78 is 0. The molecule has 1 saturated heterocycles. The molecule has 0 unspecified atom stereocenters. The number of piperidine rings is 1. The minimum absolute atomic E-state index is 0.663. The summed E-state index contributed by atoms with van der Waals surface area (Å²) in [5.74, 6) is 0.807. The van der Waals surface area contributed by atoms with Crippen molar-refractivity contribution in [2.45, 2.75) is 45.2 Å². The number of nitrogens with one attached hydrogen (secondary N) is 1. The van der Waals surface area contributed by atoms with Crippen LogP contribution in [0, 0.1) is 5.92 Å². The first-order chi connectivity index (χ1) is 7.25. The Balaban J connectivity index is 1.98. The maximum atomic E-state index is 3.71. The highest BCUT2D eigenvalue weighted by Crippen LogP contribution is 2.21. The molecule has 1 heterocycles. The van der Waals surface area contributed by atoms with Crippen LogP contribution in [-0.4, -0.2) is 12.1 Å². The average molecular weight is 203 g/mol. The van der Waals surface area contributed by atoms with Crippen molar-refractivity contribution >= 4 is 0 Å². The first-order valence-corrected chi connectivity index (χ1v) is 6.05. The molecule has 1 aliphatic heterocycles. The predicted molar refractivity (Wildman–Crippen MR) is 64.9 cm³/mol. The summed E-state index contributed by atoms with van der Waals surface area (Å²) in [5.41, 5.74) is 1.45. The van der Waals surface area contributed by atoms with Gasteiger partial charge in [0, 0.05) is 12.1 Å². The molecule has 3 atom stereocenters. The standard InChI is InChI=1S/C14H21N/c1-11-8-9-12(2)15-14(11)10-13-6-4-3-5-7-13/h3-7,11-12,14-15H,8-10H2,1-2H3/t11-,12-,14+/m1/s1. The summed E-state index contributed by atoms with van der Waals surface area (Å²) in [5, 5.41) is 3.71. The SMILES string of the molecule is C[C@@H]1CC[C@@H](C)[C@H](Cc2ccccc2)N1. The third-order valence-electron chi connectivity index (χ3n) is 3.54. The van der Waals surface area contributed by atoms with Crippen LogP contribution in [0.1, 0.15) is 32.3 Å². The van der Waals surface area contributed by atoms with Crippen LogP contribution in [0.2, 0.25) is 0 Å². The fourth-order valence-electron chi connectivity index (χ4n) is 2.46. The average Bonchev–Trinajstić information content (AvgIpc) is 2.25. The van der Waals surface area contributed by atoms with Gasteiger partial charge in [0.05, 0.1) is 0 Å². The fourth-order valence-corrected chi connectivity index (χ4v) is 2.46. The molecule has 1 heteroatoms. The summed E-state index contributed by atoms with van der Waals surface area (Å²) in [6.07, 6.45) is 3.87. The van der Waals surface area contributed by atoms with E-state index in [9.17, 15) is 0 Å². The molecule has 1 fully saturated rings. The van der Waals surface area contributed by atoms with Crippen LogP contribution in [0.4, 0.5) is 0 Å². The van der Waals surface area contributed by atoms with E-state index in [1.165, 1.54) is 24.8 Å². The maximum Gasteiger partial charge on any atom is 0.0136 e. The lowest BCUT2D eigenvalue weighted by molar-refractivity contribution is 0.253. The second-order valence-electron chi connectivity index (χ2n) is 4.92. The van der Waals surface area contributed by atoms with Gasteiger partial charge in [-0.25, -0.2) is 0 Å². The molecule has 1 aromatic carbocycles. The molecule has 1 aromatic rings. The maximum absolute atomic E-state index is 3.71. The molecule has 1 aliphatic rings. The lowest BCUT2D eigenvalue weighted by atomic mass is 9.86. The van der Waals surface area contributed by atoms with Gasteiger partial charge in [0.2, 0.25) is 0 Å². The first kappa shape index (κ1) is 10.7. The summed E-state index contributed by atoms with van der Waals surface area (Å²) >= 11 is 0. The van der Waals surface area contributed by atoms with Gasteiger partial charge >= 0.3 is 0 Å². The van der Waals surface area contributed by atoms with Crippen molar-refractivity contribution in [1.29, 1.82) is 0 Å². The van der Waals surface area contributed by atoms with Crippen LogP contribution in [0.15, 0.2) is 30.3 Å². The van der Waals surface area contributed by atoms with E-state index in [0.717, 1.165) is 5.92 Å². The largest absolute Gasteiger partial charge is 0.311 e. The summed E-state index contributed by atoms with van der Waals surface area (Å²) in [4.78, 5) is 0. The van der Waals surface area contributed by atoms with Crippen molar-refractivity contribution in [3.8, 4) is 0 Å². The van der Waals surface area contributed by atoms with E-state index in [1.807, 2.05) is 0 Å². The third-order valence-corrected chi connectivity index (χ3v) is 3.54. The zero-order valence-corrected chi connectivity index (χ0v) is 9.74. The lowest BCUT2D eigenvalue weighted by Crippen LogP contribution is -2.46. The summed E-state index contributed by atoms with van der Waals surface area (Å²) in [6.45, 7) is 4.66. The molecule has 1 N–H and O–H groups in total. The second-order valence-corrected chi connectivity index (χ2v) is 4.92. The van der Waals surface area contributed by atoms with E-state index in [2.05, 4.69) is 49.5 Å².